The van der Waals surface area contributed by atoms with E-state index in [0.29, 0.717) is 6.61 Å². The van der Waals surface area contributed by atoms with Gasteiger partial charge in [-0.25, -0.2) is 0 Å². The standard InChI is InChI=1S/C20H29NO3/c1-4-24-18-15(23-3)8-7-14-13-16-20(22)10-6-5-9-19(20,17(14)18)11-12-21(16)2/h7-8,16,22H,4-6,9-13H2,1-3H3/t16-,19+,20+/m0/s1. The number of rotatable bonds is 3. The van der Waals surface area contributed by atoms with E-state index in [1.54, 1.807) is 7.11 Å². The lowest BCUT2D eigenvalue weighted by Crippen LogP contribution is -2.71. The first-order chi connectivity index (χ1) is 11.6. The number of hydrogen-bond acceptors (Lipinski definition) is 4. The normalized spacial score (nSPS) is 35.1. The highest BCUT2D eigenvalue weighted by atomic mass is 16.5. The Morgan fingerprint density at radius 2 is 2.04 bits per heavy atom. The van der Waals surface area contributed by atoms with Crippen LogP contribution in [0.2, 0.25) is 0 Å². The molecular weight excluding hydrogens is 302 g/mol. The van der Waals surface area contributed by atoms with Crippen LogP contribution in [0.4, 0.5) is 0 Å². The smallest absolute Gasteiger partial charge is 0.165 e. The SMILES string of the molecule is CCOc1c(OC)ccc2c1[C@]13CCCC[C@@]1(O)[C@H](C2)N(C)CC3. The second kappa shape index (κ2) is 5.63. The zero-order valence-electron chi connectivity index (χ0n) is 15.1. The summed E-state index contributed by atoms with van der Waals surface area (Å²) >= 11 is 0. The van der Waals surface area contributed by atoms with E-state index in [4.69, 9.17) is 9.47 Å². The molecule has 24 heavy (non-hydrogen) atoms. The van der Waals surface area contributed by atoms with Crippen molar-refractivity contribution < 1.29 is 14.6 Å². The molecule has 0 spiro atoms. The predicted molar refractivity (Wildman–Crippen MR) is 94.0 cm³/mol. The number of benzene rings is 1. The molecule has 0 amide bonds. The number of methoxy groups -OCH3 is 1. The van der Waals surface area contributed by atoms with E-state index in [1.165, 1.54) is 17.5 Å². The maximum Gasteiger partial charge on any atom is 0.165 e. The van der Waals surface area contributed by atoms with Gasteiger partial charge in [-0.15, -0.1) is 0 Å². The van der Waals surface area contributed by atoms with Gasteiger partial charge in [0.2, 0.25) is 0 Å². The predicted octanol–water partition coefficient (Wildman–Crippen LogP) is 2.90. The van der Waals surface area contributed by atoms with Crippen molar-refractivity contribution in [1.29, 1.82) is 0 Å². The van der Waals surface area contributed by atoms with E-state index in [0.717, 1.165) is 50.1 Å². The molecule has 2 fully saturated rings. The zero-order valence-corrected chi connectivity index (χ0v) is 15.1. The van der Waals surface area contributed by atoms with Crippen molar-refractivity contribution >= 4 is 0 Å². The molecule has 4 nitrogen and oxygen atoms in total. The van der Waals surface area contributed by atoms with Gasteiger partial charge in [0, 0.05) is 17.0 Å². The highest BCUT2D eigenvalue weighted by molar-refractivity contribution is 5.58. The van der Waals surface area contributed by atoms with Crippen molar-refractivity contribution in [3.8, 4) is 11.5 Å². The van der Waals surface area contributed by atoms with Gasteiger partial charge in [0.1, 0.15) is 0 Å². The molecule has 3 atom stereocenters. The number of likely N-dealkylation sites (N-methyl/N-ethyl adjacent to an activating group) is 1. The fraction of sp³-hybridized carbons (Fsp3) is 0.700. The highest BCUT2D eigenvalue weighted by Gasteiger charge is 2.63. The molecule has 0 radical (unpaired) electrons. The third kappa shape index (κ3) is 1.93. The van der Waals surface area contributed by atoms with Crippen LogP contribution in [0.1, 0.15) is 50.2 Å². The Kier molecular flexibility index (Phi) is 3.81. The van der Waals surface area contributed by atoms with Crippen LogP contribution in [-0.2, 0) is 11.8 Å². The fourth-order valence-electron chi connectivity index (χ4n) is 5.74. The Morgan fingerprint density at radius 3 is 2.79 bits per heavy atom. The molecular formula is C20H29NO3. The Balaban J connectivity index is 1.98. The Hall–Kier alpha value is -1.26. The monoisotopic (exact) mass is 331 g/mol. The quantitative estimate of drug-likeness (QED) is 0.925. The molecule has 2 aliphatic carbocycles. The zero-order chi connectivity index (χ0) is 16.9. The summed E-state index contributed by atoms with van der Waals surface area (Å²) in [6.07, 6.45) is 6.13. The van der Waals surface area contributed by atoms with Gasteiger partial charge in [0.15, 0.2) is 11.5 Å². The molecule has 1 aliphatic heterocycles. The second-order valence-electron chi connectivity index (χ2n) is 7.73. The highest BCUT2D eigenvalue weighted by Crippen LogP contribution is 2.61. The first kappa shape index (κ1) is 16.2. The van der Waals surface area contributed by atoms with Crippen molar-refractivity contribution in [1.82, 2.24) is 4.90 Å². The number of hydrogen-bond donors (Lipinski definition) is 1. The molecule has 1 heterocycles. The minimum absolute atomic E-state index is 0.185. The number of likely N-dealkylation sites (tertiary alicyclic amines) is 1. The Labute approximate surface area is 144 Å². The number of fused-ring (bicyclic) bond motifs is 1. The molecule has 0 aromatic heterocycles. The largest absolute Gasteiger partial charge is 0.493 e. The summed E-state index contributed by atoms with van der Waals surface area (Å²) in [5, 5.41) is 11.9. The lowest BCUT2D eigenvalue weighted by atomic mass is 9.49. The summed E-state index contributed by atoms with van der Waals surface area (Å²) in [4.78, 5) is 2.37. The van der Waals surface area contributed by atoms with E-state index in [1.807, 2.05) is 13.0 Å². The number of nitrogens with zero attached hydrogens (tertiary/aromatic N) is 1. The average Bonchev–Trinajstić information content (AvgIpc) is 2.58. The lowest BCUT2D eigenvalue weighted by molar-refractivity contribution is -0.161. The lowest BCUT2D eigenvalue weighted by Gasteiger charge is -2.63. The van der Waals surface area contributed by atoms with Gasteiger partial charge in [0.25, 0.3) is 0 Å². The molecule has 4 rings (SSSR count). The summed E-state index contributed by atoms with van der Waals surface area (Å²) in [5.41, 5.74) is 1.75. The van der Waals surface area contributed by atoms with Crippen LogP contribution in [0.5, 0.6) is 11.5 Å². The molecule has 1 aromatic rings. The van der Waals surface area contributed by atoms with Crippen molar-refractivity contribution in [3.63, 3.8) is 0 Å². The first-order valence-electron chi connectivity index (χ1n) is 9.33. The van der Waals surface area contributed by atoms with Crippen molar-refractivity contribution in [3.05, 3.63) is 23.3 Å². The summed E-state index contributed by atoms with van der Waals surface area (Å²) in [6.45, 7) is 3.67. The molecule has 0 unspecified atom stereocenters. The first-order valence-corrected chi connectivity index (χ1v) is 9.33. The molecule has 1 N–H and O–H groups in total. The molecule has 2 bridgehead atoms. The van der Waals surface area contributed by atoms with Gasteiger partial charge in [0.05, 0.1) is 19.3 Å². The third-order valence-corrected chi connectivity index (χ3v) is 6.82. The van der Waals surface area contributed by atoms with Gasteiger partial charge in [-0.2, -0.15) is 0 Å². The van der Waals surface area contributed by atoms with Crippen LogP contribution in [0.3, 0.4) is 0 Å². The van der Waals surface area contributed by atoms with Crippen LogP contribution >= 0.6 is 0 Å². The molecule has 1 saturated carbocycles. The van der Waals surface area contributed by atoms with E-state index in [2.05, 4.69) is 18.0 Å². The molecule has 3 aliphatic rings. The van der Waals surface area contributed by atoms with Gasteiger partial charge < -0.3 is 19.5 Å². The molecule has 1 aromatic carbocycles. The summed E-state index contributed by atoms with van der Waals surface area (Å²) in [5.74, 6) is 1.68. The Morgan fingerprint density at radius 1 is 1.25 bits per heavy atom. The maximum absolute atomic E-state index is 11.9. The van der Waals surface area contributed by atoms with Crippen LogP contribution in [0, 0.1) is 0 Å². The topological polar surface area (TPSA) is 41.9 Å². The van der Waals surface area contributed by atoms with Crippen LogP contribution < -0.4 is 9.47 Å². The van der Waals surface area contributed by atoms with Gasteiger partial charge in [-0.3, -0.25) is 0 Å². The fourth-order valence-corrected chi connectivity index (χ4v) is 5.74. The van der Waals surface area contributed by atoms with Gasteiger partial charge >= 0.3 is 0 Å². The minimum Gasteiger partial charge on any atom is -0.493 e. The summed E-state index contributed by atoms with van der Waals surface area (Å²) in [7, 11) is 3.87. The average molecular weight is 331 g/mol. The molecule has 132 valence electrons. The molecule has 1 saturated heterocycles. The molecule has 4 heteroatoms. The van der Waals surface area contributed by atoms with Crippen molar-refractivity contribution in [2.75, 3.05) is 27.3 Å². The minimum atomic E-state index is -0.649. The van der Waals surface area contributed by atoms with Crippen LogP contribution in [0.25, 0.3) is 0 Å². The number of ether oxygens (including phenoxy) is 2. The van der Waals surface area contributed by atoms with E-state index >= 15 is 0 Å². The second-order valence-corrected chi connectivity index (χ2v) is 7.73. The van der Waals surface area contributed by atoms with E-state index in [9.17, 15) is 5.11 Å². The summed E-state index contributed by atoms with van der Waals surface area (Å²) < 4.78 is 11.7. The number of piperidine rings is 1. The van der Waals surface area contributed by atoms with E-state index < -0.39 is 5.60 Å². The Bertz CT molecular complexity index is 646. The van der Waals surface area contributed by atoms with Gasteiger partial charge in [-0.05, 0) is 57.8 Å². The maximum atomic E-state index is 11.9. The number of aliphatic hydroxyl groups is 1. The van der Waals surface area contributed by atoms with E-state index in [-0.39, 0.29) is 11.5 Å². The summed E-state index contributed by atoms with van der Waals surface area (Å²) in [6, 6.07) is 4.43. The van der Waals surface area contributed by atoms with Crippen molar-refractivity contribution in [2.45, 2.75) is 62.5 Å². The van der Waals surface area contributed by atoms with Crippen molar-refractivity contribution in [2.24, 2.45) is 0 Å². The van der Waals surface area contributed by atoms with Crippen LogP contribution in [-0.4, -0.2) is 49.0 Å². The van der Waals surface area contributed by atoms with Gasteiger partial charge in [-0.1, -0.05) is 18.9 Å². The third-order valence-electron chi connectivity index (χ3n) is 6.82. The van der Waals surface area contributed by atoms with Crippen LogP contribution in [0.15, 0.2) is 12.1 Å².